The summed E-state index contributed by atoms with van der Waals surface area (Å²) in [7, 11) is 0. The molecule has 21 heavy (non-hydrogen) atoms. The van der Waals surface area contributed by atoms with Crippen LogP contribution in [0.5, 0.6) is 0 Å². The molecule has 0 aromatic heterocycles. The fourth-order valence-electron chi connectivity index (χ4n) is 2.89. The van der Waals surface area contributed by atoms with E-state index < -0.39 is 0 Å². The Morgan fingerprint density at radius 3 is 1.43 bits per heavy atom. The smallest absolute Gasteiger partial charge is 0.00478 e. The van der Waals surface area contributed by atoms with Crippen molar-refractivity contribution < 1.29 is 0 Å². The second-order valence-electron chi connectivity index (χ2n) is 7.11. The predicted molar refractivity (Wildman–Crippen MR) is 98.7 cm³/mol. The standard InChI is InChI=1S/C21H38/c1-8-10-12-14-19(5)16-21(7,18(3)4)17-20(6)15-13-11-9-2/h3,5-6,8-17H2,1-2,4,7H3. The minimum absolute atomic E-state index is 0.145. The van der Waals surface area contributed by atoms with Crippen LogP contribution >= 0.6 is 0 Å². The van der Waals surface area contributed by atoms with Crippen molar-refractivity contribution in [2.45, 2.75) is 91.9 Å². The fraction of sp³-hybridized carbons (Fsp3) is 0.714. The molecule has 0 saturated heterocycles. The second-order valence-corrected chi connectivity index (χ2v) is 7.11. The van der Waals surface area contributed by atoms with Gasteiger partial charge in [0, 0.05) is 0 Å². The number of unbranched alkanes of at least 4 members (excludes halogenated alkanes) is 4. The second kappa shape index (κ2) is 10.9. The third-order valence-electron chi connectivity index (χ3n) is 4.58. The van der Waals surface area contributed by atoms with Crippen molar-refractivity contribution in [3.05, 3.63) is 36.5 Å². The first-order valence-electron chi connectivity index (χ1n) is 8.85. The molecular formula is C21H38. The van der Waals surface area contributed by atoms with Gasteiger partial charge in [-0.15, -0.1) is 0 Å². The normalized spacial score (nSPS) is 11.4. The summed E-state index contributed by atoms with van der Waals surface area (Å²) < 4.78 is 0. The number of hydrogen-bond acceptors (Lipinski definition) is 0. The molecule has 0 rings (SSSR count). The Bertz CT molecular complexity index is 308. The lowest BCUT2D eigenvalue weighted by Crippen LogP contribution is -2.19. The van der Waals surface area contributed by atoms with Crippen molar-refractivity contribution in [2.75, 3.05) is 0 Å². The van der Waals surface area contributed by atoms with Gasteiger partial charge in [-0.3, -0.25) is 0 Å². The summed E-state index contributed by atoms with van der Waals surface area (Å²) in [5.74, 6) is 0. The Labute approximate surface area is 134 Å². The van der Waals surface area contributed by atoms with Crippen LogP contribution in [0.15, 0.2) is 36.5 Å². The van der Waals surface area contributed by atoms with Gasteiger partial charge in [0.15, 0.2) is 0 Å². The van der Waals surface area contributed by atoms with Crippen LogP contribution in [-0.2, 0) is 0 Å². The average Bonchev–Trinajstić information content (AvgIpc) is 2.38. The Balaban J connectivity index is 4.44. The Morgan fingerprint density at radius 2 is 1.14 bits per heavy atom. The number of allylic oxidation sites excluding steroid dienone is 3. The molecule has 0 fully saturated rings. The van der Waals surface area contributed by atoms with E-state index in [1.807, 2.05) is 0 Å². The fourth-order valence-corrected chi connectivity index (χ4v) is 2.89. The van der Waals surface area contributed by atoms with Crippen LogP contribution < -0.4 is 0 Å². The minimum atomic E-state index is 0.145. The van der Waals surface area contributed by atoms with E-state index in [0.717, 1.165) is 12.8 Å². The molecule has 0 aliphatic carbocycles. The third-order valence-corrected chi connectivity index (χ3v) is 4.58. The zero-order valence-corrected chi connectivity index (χ0v) is 15.2. The molecule has 0 aromatic rings. The minimum Gasteiger partial charge on any atom is -0.0998 e. The molecule has 0 aliphatic rings. The van der Waals surface area contributed by atoms with Gasteiger partial charge in [-0.1, -0.05) is 82.9 Å². The molecular weight excluding hydrogens is 252 g/mol. The lowest BCUT2D eigenvalue weighted by Gasteiger charge is -2.32. The maximum atomic E-state index is 4.31. The third kappa shape index (κ3) is 8.96. The van der Waals surface area contributed by atoms with Crippen LogP contribution in [0.3, 0.4) is 0 Å². The molecule has 0 atom stereocenters. The molecule has 0 aromatic carbocycles. The average molecular weight is 291 g/mol. The van der Waals surface area contributed by atoms with Gasteiger partial charge in [0.1, 0.15) is 0 Å². The summed E-state index contributed by atoms with van der Waals surface area (Å²) in [5.41, 5.74) is 4.19. The van der Waals surface area contributed by atoms with E-state index in [1.165, 1.54) is 68.1 Å². The highest BCUT2D eigenvalue weighted by molar-refractivity contribution is 5.17. The maximum absolute atomic E-state index is 4.31. The first kappa shape index (κ1) is 20.2. The van der Waals surface area contributed by atoms with Crippen molar-refractivity contribution in [1.29, 1.82) is 0 Å². The molecule has 0 heterocycles. The molecule has 0 radical (unpaired) electrons. The summed E-state index contributed by atoms with van der Waals surface area (Å²) in [6.07, 6.45) is 12.2. The topological polar surface area (TPSA) is 0 Å². The molecule has 0 amide bonds. The van der Waals surface area contributed by atoms with Crippen LogP contribution in [0.1, 0.15) is 91.9 Å². The van der Waals surface area contributed by atoms with E-state index in [-0.39, 0.29) is 5.41 Å². The number of hydrogen-bond donors (Lipinski definition) is 0. The summed E-state index contributed by atoms with van der Waals surface area (Å²) in [6, 6.07) is 0. The van der Waals surface area contributed by atoms with Gasteiger partial charge in [0.2, 0.25) is 0 Å². The molecule has 0 saturated carbocycles. The van der Waals surface area contributed by atoms with Crippen molar-refractivity contribution in [3.8, 4) is 0 Å². The summed E-state index contributed by atoms with van der Waals surface area (Å²) >= 11 is 0. The first-order chi connectivity index (χ1) is 9.85. The highest BCUT2D eigenvalue weighted by Crippen LogP contribution is 2.40. The van der Waals surface area contributed by atoms with Gasteiger partial charge >= 0.3 is 0 Å². The summed E-state index contributed by atoms with van der Waals surface area (Å²) in [5, 5.41) is 0. The first-order valence-corrected chi connectivity index (χ1v) is 8.85. The zero-order valence-electron chi connectivity index (χ0n) is 15.2. The molecule has 0 heteroatoms. The van der Waals surface area contributed by atoms with E-state index >= 15 is 0 Å². The molecule has 0 aliphatic heterocycles. The Hall–Kier alpha value is -0.780. The molecule has 0 unspecified atom stereocenters. The van der Waals surface area contributed by atoms with E-state index in [0.29, 0.717) is 0 Å². The van der Waals surface area contributed by atoms with E-state index in [2.05, 4.69) is 47.4 Å². The van der Waals surface area contributed by atoms with Crippen molar-refractivity contribution in [3.63, 3.8) is 0 Å². The van der Waals surface area contributed by atoms with Crippen LogP contribution in [0.2, 0.25) is 0 Å². The molecule has 122 valence electrons. The van der Waals surface area contributed by atoms with Crippen molar-refractivity contribution in [1.82, 2.24) is 0 Å². The van der Waals surface area contributed by atoms with Crippen molar-refractivity contribution in [2.24, 2.45) is 5.41 Å². The monoisotopic (exact) mass is 290 g/mol. The largest absolute Gasteiger partial charge is 0.0998 e. The van der Waals surface area contributed by atoms with Crippen LogP contribution in [0, 0.1) is 5.41 Å². The van der Waals surface area contributed by atoms with Crippen LogP contribution in [-0.4, -0.2) is 0 Å². The summed E-state index contributed by atoms with van der Waals surface area (Å²) in [6.45, 7) is 21.9. The Morgan fingerprint density at radius 1 is 0.762 bits per heavy atom. The lowest BCUT2D eigenvalue weighted by atomic mass is 9.72. The lowest BCUT2D eigenvalue weighted by molar-refractivity contribution is 0.379. The zero-order chi connectivity index (χ0) is 16.3. The van der Waals surface area contributed by atoms with Gasteiger partial charge in [0.05, 0.1) is 0 Å². The van der Waals surface area contributed by atoms with Crippen LogP contribution in [0.4, 0.5) is 0 Å². The van der Waals surface area contributed by atoms with Gasteiger partial charge in [0.25, 0.3) is 0 Å². The molecule has 0 N–H and O–H groups in total. The van der Waals surface area contributed by atoms with E-state index in [1.54, 1.807) is 0 Å². The predicted octanol–water partition coefficient (Wildman–Crippen LogP) is 7.62. The van der Waals surface area contributed by atoms with Gasteiger partial charge < -0.3 is 0 Å². The van der Waals surface area contributed by atoms with Crippen molar-refractivity contribution >= 4 is 0 Å². The maximum Gasteiger partial charge on any atom is -0.00478 e. The molecule has 0 spiro atoms. The number of rotatable bonds is 13. The highest BCUT2D eigenvalue weighted by atomic mass is 14.3. The van der Waals surface area contributed by atoms with Gasteiger partial charge in [-0.25, -0.2) is 0 Å². The molecule has 0 bridgehead atoms. The van der Waals surface area contributed by atoms with E-state index in [4.69, 9.17) is 0 Å². The van der Waals surface area contributed by atoms with Crippen LogP contribution in [0.25, 0.3) is 0 Å². The quantitative estimate of drug-likeness (QED) is 0.242. The Kier molecular flexibility index (Phi) is 10.5. The van der Waals surface area contributed by atoms with Gasteiger partial charge in [-0.2, -0.15) is 0 Å². The van der Waals surface area contributed by atoms with Gasteiger partial charge in [-0.05, 0) is 50.9 Å². The molecule has 0 nitrogen and oxygen atoms in total. The van der Waals surface area contributed by atoms with E-state index in [9.17, 15) is 0 Å². The highest BCUT2D eigenvalue weighted by Gasteiger charge is 2.26. The SMILES string of the molecule is C=C(CCCCC)CC(C)(CC(=C)CCCCC)C(=C)C. The summed E-state index contributed by atoms with van der Waals surface area (Å²) in [4.78, 5) is 0.